The quantitative estimate of drug-likeness (QED) is 0.428. The summed E-state index contributed by atoms with van der Waals surface area (Å²) in [6.07, 6.45) is -1.06. The van der Waals surface area contributed by atoms with E-state index in [1.165, 1.54) is 56.9 Å². The second-order valence-electron chi connectivity index (χ2n) is 5.10. The van der Waals surface area contributed by atoms with Gasteiger partial charge in [0.25, 0.3) is 0 Å². The van der Waals surface area contributed by atoms with Crippen molar-refractivity contribution < 1.29 is 47.8 Å². The van der Waals surface area contributed by atoms with Crippen LogP contribution in [0.4, 0.5) is 0 Å². The van der Waals surface area contributed by atoms with E-state index < -0.39 is 23.4 Å². The van der Waals surface area contributed by atoms with Gasteiger partial charge in [0.2, 0.25) is 22.9 Å². The van der Waals surface area contributed by atoms with Crippen LogP contribution >= 0.6 is 0 Å². The molecule has 0 spiro atoms. The lowest BCUT2D eigenvalue weighted by Gasteiger charge is -2.43. The van der Waals surface area contributed by atoms with E-state index in [1.807, 2.05) is 0 Å². The van der Waals surface area contributed by atoms with Crippen LogP contribution in [-0.2, 0) is 42.7 Å². The predicted molar refractivity (Wildman–Crippen MR) is 91.3 cm³/mol. The first kappa shape index (κ1) is 22.5. The number of hydrogen-bond acceptors (Lipinski definition) is 9. The van der Waals surface area contributed by atoms with Crippen LogP contribution in [0.1, 0.15) is 0 Å². The molecule has 10 heteroatoms. The molecule has 0 aromatic carbocycles. The van der Waals surface area contributed by atoms with Gasteiger partial charge in [-0.3, -0.25) is 0 Å². The summed E-state index contributed by atoms with van der Waals surface area (Å²) in [4.78, 5) is 11.7. The normalized spacial score (nSPS) is 23.5. The van der Waals surface area contributed by atoms with Crippen LogP contribution in [0, 0.1) is 0 Å². The van der Waals surface area contributed by atoms with E-state index in [0.29, 0.717) is 0 Å². The van der Waals surface area contributed by atoms with E-state index in [1.54, 1.807) is 0 Å². The number of ether oxygens (including phenoxy) is 8. The van der Waals surface area contributed by atoms with Crippen LogP contribution in [0.15, 0.2) is 34.6 Å². The summed E-state index contributed by atoms with van der Waals surface area (Å²) in [7, 11) is 10.7. The van der Waals surface area contributed by atoms with Crippen molar-refractivity contribution in [3.05, 3.63) is 34.6 Å². The Bertz CT molecular complexity index is 648. The van der Waals surface area contributed by atoms with Gasteiger partial charge in [0.15, 0.2) is 23.4 Å². The van der Waals surface area contributed by atoms with Crippen molar-refractivity contribution in [1.82, 2.24) is 0 Å². The smallest absolute Gasteiger partial charge is 0.374 e. The number of carboxylic acid groups (broad SMARTS) is 1. The molecule has 1 rings (SSSR count). The minimum Gasteiger partial charge on any atom is -0.494 e. The van der Waals surface area contributed by atoms with Gasteiger partial charge >= 0.3 is 5.97 Å². The van der Waals surface area contributed by atoms with Crippen molar-refractivity contribution in [1.29, 1.82) is 0 Å². The van der Waals surface area contributed by atoms with Gasteiger partial charge in [-0.15, -0.1) is 0 Å². The summed E-state index contributed by atoms with van der Waals surface area (Å²) < 4.78 is 43.6. The summed E-state index contributed by atoms with van der Waals surface area (Å²) in [5.74, 6) is -1.58. The van der Waals surface area contributed by atoms with E-state index in [9.17, 15) is 9.90 Å². The highest BCUT2D eigenvalue weighted by Gasteiger charge is 2.60. The zero-order chi connectivity index (χ0) is 20.8. The Morgan fingerprint density at radius 3 is 1.74 bits per heavy atom. The maximum Gasteiger partial charge on any atom is 0.374 e. The lowest BCUT2D eigenvalue weighted by atomic mass is 9.83. The molecule has 0 bridgehead atoms. The SMILES string of the molecule is COC1=C(OC)C(OC)C(OC)(C(OC)=C(OC)C(=O)O)C(OC)=C1OC. The third kappa shape index (κ3) is 3.37. The summed E-state index contributed by atoms with van der Waals surface area (Å²) in [5.41, 5.74) is -1.75. The lowest BCUT2D eigenvalue weighted by Crippen LogP contribution is -2.54. The van der Waals surface area contributed by atoms with E-state index in [-0.39, 0.29) is 28.8 Å². The van der Waals surface area contributed by atoms with Gasteiger partial charge in [0, 0.05) is 14.2 Å². The molecule has 0 aromatic heterocycles. The number of methoxy groups -OCH3 is 8. The number of hydrogen-bond donors (Lipinski definition) is 1. The Labute approximate surface area is 157 Å². The molecule has 0 radical (unpaired) electrons. The van der Waals surface area contributed by atoms with Crippen molar-refractivity contribution in [3.63, 3.8) is 0 Å². The Morgan fingerprint density at radius 1 is 0.852 bits per heavy atom. The van der Waals surface area contributed by atoms with Crippen molar-refractivity contribution in [2.75, 3.05) is 56.9 Å². The second-order valence-corrected chi connectivity index (χ2v) is 5.10. The minimum absolute atomic E-state index is 0.0460. The topological polar surface area (TPSA) is 111 Å². The third-order valence-electron chi connectivity index (χ3n) is 4.12. The van der Waals surface area contributed by atoms with Crippen molar-refractivity contribution in [2.45, 2.75) is 11.7 Å². The Morgan fingerprint density at radius 2 is 1.44 bits per heavy atom. The maximum atomic E-state index is 11.7. The largest absolute Gasteiger partial charge is 0.494 e. The fraction of sp³-hybridized carbons (Fsp3) is 0.588. The van der Waals surface area contributed by atoms with Gasteiger partial charge < -0.3 is 43.0 Å². The van der Waals surface area contributed by atoms with Crippen molar-refractivity contribution in [3.8, 4) is 0 Å². The molecule has 2 unspecified atom stereocenters. The molecule has 2 atom stereocenters. The van der Waals surface area contributed by atoms with E-state index in [4.69, 9.17) is 37.9 Å². The molecule has 0 amide bonds. The van der Waals surface area contributed by atoms with Gasteiger partial charge in [-0.2, -0.15) is 0 Å². The Balaban J connectivity index is 4.10. The molecule has 0 fully saturated rings. The summed E-state index contributed by atoms with van der Waals surface area (Å²) >= 11 is 0. The molecule has 154 valence electrons. The first-order valence-electron chi connectivity index (χ1n) is 7.69. The molecule has 10 nitrogen and oxygen atoms in total. The predicted octanol–water partition coefficient (Wildman–Crippen LogP) is 0.998. The zero-order valence-corrected chi connectivity index (χ0v) is 16.7. The van der Waals surface area contributed by atoms with E-state index >= 15 is 0 Å². The third-order valence-corrected chi connectivity index (χ3v) is 4.12. The zero-order valence-electron chi connectivity index (χ0n) is 16.7. The molecular weight excluding hydrogens is 364 g/mol. The van der Waals surface area contributed by atoms with Crippen molar-refractivity contribution >= 4 is 5.97 Å². The molecular formula is C17H26O10. The summed E-state index contributed by atoms with van der Waals surface area (Å²) in [6.45, 7) is 0. The summed E-state index contributed by atoms with van der Waals surface area (Å²) in [6, 6.07) is 0. The highest BCUT2D eigenvalue weighted by atomic mass is 16.6. The van der Waals surface area contributed by atoms with Gasteiger partial charge in [-0.25, -0.2) is 4.79 Å². The molecule has 0 saturated heterocycles. The fourth-order valence-electron chi connectivity index (χ4n) is 3.11. The number of carboxylic acids is 1. The molecule has 0 aromatic rings. The Hall–Kier alpha value is -2.59. The van der Waals surface area contributed by atoms with E-state index in [2.05, 4.69) is 0 Å². The van der Waals surface area contributed by atoms with Crippen LogP contribution in [0.2, 0.25) is 0 Å². The second kappa shape index (κ2) is 9.38. The van der Waals surface area contributed by atoms with Crippen LogP contribution in [-0.4, -0.2) is 79.7 Å². The van der Waals surface area contributed by atoms with Crippen LogP contribution < -0.4 is 0 Å². The summed E-state index contributed by atoms with van der Waals surface area (Å²) in [5, 5.41) is 9.56. The minimum atomic E-state index is -1.75. The van der Waals surface area contributed by atoms with Gasteiger partial charge in [-0.05, 0) is 0 Å². The lowest BCUT2D eigenvalue weighted by molar-refractivity contribution is -0.142. The van der Waals surface area contributed by atoms with Crippen LogP contribution in [0.25, 0.3) is 0 Å². The number of carbonyl (C=O) groups is 1. The van der Waals surface area contributed by atoms with Crippen LogP contribution in [0.3, 0.4) is 0 Å². The van der Waals surface area contributed by atoms with Gasteiger partial charge in [0.05, 0.1) is 42.7 Å². The molecule has 27 heavy (non-hydrogen) atoms. The highest BCUT2D eigenvalue weighted by Crippen LogP contribution is 2.47. The highest BCUT2D eigenvalue weighted by molar-refractivity contribution is 5.85. The Kier molecular flexibility index (Phi) is 7.80. The van der Waals surface area contributed by atoms with E-state index in [0.717, 1.165) is 0 Å². The first-order valence-corrected chi connectivity index (χ1v) is 7.69. The average molecular weight is 390 g/mol. The van der Waals surface area contributed by atoms with Crippen LogP contribution in [0.5, 0.6) is 0 Å². The maximum absolute atomic E-state index is 11.7. The number of aliphatic carboxylic acids is 1. The molecule has 1 aliphatic rings. The molecule has 1 N–H and O–H groups in total. The molecule has 1 aliphatic carbocycles. The van der Waals surface area contributed by atoms with Crippen molar-refractivity contribution in [2.24, 2.45) is 0 Å². The molecule has 0 saturated carbocycles. The van der Waals surface area contributed by atoms with Gasteiger partial charge in [-0.1, -0.05) is 0 Å². The monoisotopic (exact) mass is 390 g/mol. The average Bonchev–Trinajstić information content (AvgIpc) is 2.68. The fourth-order valence-corrected chi connectivity index (χ4v) is 3.11. The van der Waals surface area contributed by atoms with Gasteiger partial charge in [0.1, 0.15) is 0 Å². The number of rotatable bonds is 10. The molecule has 0 aliphatic heterocycles. The molecule has 0 heterocycles. The first-order chi connectivity index (χ1) is 12.9. The standard InChI is InChI=1S/C17H26O10/c1-20-9-10(21-2)13(24-5)17(27-8,14(25-6)11(9)22-3)15(26-7)12(23-4)16(18)19/h13H,1-8H3,(H,18,19).